The predicted molar refractivity (Wildman–Crippen MR) is 96.2 cm³/mol. The van der Waals surface area contributed by atoms with Crippen LogP contribution in [0.15, 0.2) is 24.3 Å². The van der Waals surface area contributed by atoms with Gasteiger partial charge in [0.1, 0.15) is 12.4 Å². The quantitative estimate of drug-likeness (QED) is 0.857. The van der Waals surface area contributed by atoms with Gasteiger partial charge in [-0.3, -0.25) is 0 Å². The normalized spacial score (nSPS) is 23.5. The first kappa shape index (κ1) is 18.0. The number of piperidine rings is 1. The minimum atomic E-state index is -0.0827. The third-order valence-corrected chi connectivity index (χ3v) is 4.61. The Labute approximate surface area is 149 Å². The minimum absolute atomic E-state index is 0.0827. The Hall–Kier alpha value is -1.79. The molecule has 0 aromatic heterocycles. The van der Waals surface area contributed by atoms with Crippen LogP contribution < -0.4 is 10.1 Å². The molecule has 1 aromatic carbocycles. The van der Waals surface area contributed by atoms with E-state index >= 15 is 0 Å². The van der Waals surface area contributed by atoms with Gasteiger partial charge in [-0.05, 0) is 44.7 Å². The maximum Gasteiger partial charge on any atom is 0.321 e. The van der Waals surface area contributed by atoms with Crippen LogP contribution in [-0.4, -0.2) is 56.0 Å². The number of hydrogen-bond donors (Lipinski definition) is 1. The Kier molecular flexibility index (Phi) is 6.53. The third-order valence-electron chi connectivity index (χ3n) is 4.61. The summed E-state index contributed by atoms with van der Waals surface area (Å²) in [5.74, 6) is 0.749. The van der Waals surface area contributed by atoms with E-state index in [-0.39, 0.29) is 18.2 Å². The van der Waals surface area contributed by atoms with Gasteiger partial charge < -0.3 is 24.4 Å². The van der Waals surface area contributed by atoms with Gasteiger partial charge in [-0.1, -0.05) is 6.07 Å². The predicted octanol–water partition coefficient (Wildman–Crippen LogP) is 3.28. The fraction of sp³-hybridized carbons (Fsp3) is 0.632. The Morgan fingerprint density at radius 2 is 2.28 bits per heavy atom. The standard InChI is InChI=1S/C19H28N2O4/c1-2-23-17-8-4-10-21(13-17)19(22)20-15-6-3-7-16(12-15)25-14-18-9-5-11-24-18/h3,6-7,12,17-18H,2,4-5,8-11,13-14H2,1H3,(H,20,22)/t17-,18-/m1/s1. The van der Waals surface area contributed by atoms with Crippen LogP contribution in [0.1, 0.15) is 32.6 Å². The van der Waals surface area contributed by atoms with E-state index in [0.29, 0.717) is 19.8 Å². The highest BCUT2D eigenvalue weighted by atomic mass is 16.5. The van der Waals surface area contributed by atoms with Crippen molar-refractivity contribution in [1.29, 1.82) is 0 Å². The first-order valence-electron chi connectivity index (χ1n) is 9.26. The lowest BCUT2D eigenvalue weighted by Crippen LogP contribution is -2.45. The maximum absolute atomic E-state index is 12.5. The maximum atomic E-state index is 12.5. The summed E-state index contributed by atoms with van der Waals surface area (Å²) < 4.78 is 17.0. The molecule has 0 bridgehead atoms. The summed E-state index contributed by atoms with van der Waals surface area (Å²) in [7, 11) is 0. The first-order chi connectivity index (χ1) is 12.2. The molecule has 2 saturated heterocycles. The number of carbonyl (C=O) groups excluding carboxylic acids is 1. The molecule has 6 heteroatoms. The van der Waals surface area contributed by atoms with Gasteiger partial charge in [-0.25, -0.2) is 4.79 Å². The van der Waals surface area contributed by atoms with Crippen molar-refractivity contribution in [2.45, 2.75) is 44.8 Å². The topological polar surface area (TPSA) is 60.0 Å². The second kappa shape index (κ2) is 9.06. The molecule has 2 heterocycles. The Bertz CT molecular complexity index is 558. The Morgan fingerprint density at radius 3 is 3.08 bits per heavy atom. The average Bonchev–Trinajstić information content (AvgIpc) is 3.14. The molecule has 1 N–H and O–H groups in total. The van der Waals surface area contributed by atoms with E-state index < -0.39 is 0 Å². The number of carbonyl (C=O) groups is 1. The van der Waals surface area contributed by atoms with Crippen molar-refractivity contribution in [1.82, 2.24) is 4.90 Å². The molecule has 2 fully saturated rings. The molecule has 0 unspecified atom stereocenters. The molecular weight excluding hydrogens is 320 g/mol. The summed E-state index contributed by atoms with van der Waals surface area (Å²) >= 11 is 0. The molecule has 0 radical (unpaired) electrons. The number of ether oxygens (including phenoxy) is 3. The van der Waals surface area contributed by atoms with Crippen LogP contribution in [0.3, 0.4) is 0 Å². The smallest absolute Gasteiger partial charge is 0.321 e. The van der Waals surface area contributed by atoms with Crippen molar-refractivity contribution < 1.29 is 19.0 Å². The number of urea groups is 1. The summed E-state index contributed by atoms with van der Waals surface area (Å²) in [5, 5.41) is 2.96. The van der Waals surface area contributed by atoms with Crippen LogP contribution in [0.25, 0.3) is 0 Å². The lowest BCUT2D eigenvalue weighted by Gasteiger charge is -2.32. The monoisotopic (exact) mass is 348 g/mol. The first-order valence-corrected chi connectivity index (χ1v) is 9.26. The van der Waals surface area contributed by atoms with Crippen LogP contribution in [-0.2, 0) is 9.47 Å². The molecule has 6 nitrogen and oxygen atoms in total. The molecular formula is C19H28N2O4. The minimum Gasteiger partial charge on any atom is -0.491 e. The summed E-state index contributed by atoms with van der Waals surface area (Å²) in [6.45, 7) is 5.47. The largest absolute Gasteiger partial charge is 0.491 e. The SMILES string of the molecule is CCO[C@@H]1CCCN(C(=O)Nc2cccc(OC[C@H]3CCCO3)c2)C1. The number of nitrogens with zero attached hydrogens (tertiary/aromatic N) is 1. The molecule has 0 spiro atoms. The average molecular weight is 348 g/mol. The summed E-state index contributed by atoms with van der Waals surface area (Å²) in [6, 6.07) is 7.44. The van der Waals surface area contributed by atoms with Crippen molar-refractivity contribution in [3.05, 3.63) is 24.3 Å². The van der Waals surface area contributed by atoms with E-state index in [1.54, 1.807) is 0 Å². The number of hydrogen-bond acceptors (Lipinski definition) is 4. The molecule has 2 aliphatic heterocycles. The number of likely N-dealkylation sites (tertiary alicyclic amines) is 1. The van der Waals surface area contributed by atoms with E-state index in [2.05, 4.69) is 5.32 Å². The van der Waals surface area contributed by atoms with Gasteiger partial charge in [-0.15, -0.1) is 0 Å². The Morgan fingerprint density at radius 1 is 1.36 bits per heavy atom. The molecule has 138 valence electrons. The molecule has 3 rings (SSSR count). The lowest BCUT2D eigenvalue weighted by molar-refractivity contribution is 0.0181. The Balaban J connectivity index is 1.51. The number of amides is 2. The van der Waals surface area contributed by atoms with Gasteiger partial charge in [0.2, 0.25) is 0 Å². The summed E-state index contributed by atoms with van der Waals surface area (Å²) in [4.78, 5) is 14.3. The van der Waals surface area contributed by atoms with E-state index in [9.17, 15) is 4.79 Å². The van der Waals surface area contributed by atoms with Crippen molar-refractivity contribution in [3.63, 3.8) is 0 Å². The van der Waals surface area contributed by atoms with E-state index in [1.807, 2.05) is 36.1 Å². The van der Waals surface area contributed by atoms with E-state index in [4.69, 9.17) is 14.2 Å². The molecule has 0 saturated carbocycles. The van der Waals surface area contributed by atoms with Crippen LogP contribution >= 0.6 is 0 Å². The number of anilines is 1. The fourth-order valence-corrected chi connectivity index (χ4v) is 3.33. The highest BCUT2D eigenvalue weighted by Gasteiger charge is 2.24. The second-order valence-corrected chi connectivity index (χ2v) is 6.57. The van der Waals surface area contributed by atoms with Crippen molar-refractivity contribution in [3.8, 4) is 5.75 Å². The van der Waals surface area contributed by atoms with Gasteiger partial charge in [-0.2, -0.15) is 0 Å². The lowest BCUT2D eigenvalue weighted by atomic mass is 10.1. The van der Waals surface area contributed by atoms with Gasteiger partial charge >= 0.3 is 6.03 Å². The van der Waals surface area contributed by atoms with Crippen LogP contribution in [0.5, 0.6) is 5.75 Å². The molecule has 25 heavy (non-hydrogen) atoms. The van der Waals surface area contributed by atoms with E-state index in [0.717, 1.165) is 50.3 Å². The van der Waals surface area contributed by atoms with Gasteiger partial charge in [0, 0.05) is 38.1 Å². The van der Waals surface area contributed by atoms with Crippen LogP contribution in [0.4, 0.5) is 10.5 Å². The zero-order valence-corrected chi connectivity index (χ0v) is 14.9. The summed E-state index contributed by atoms with van der Waals surface area (Å²) in [6.07, 6.45) is 4.47. The third kappa shape index (κ3) is 5.34. The zero-order chi connectivity index (χ0) is 17.5. The van der Waals surface area contributed by atoms with Crippen molar-refractivity contribution in [2.24, 2.45) is 0 Å². The fourth-order valence-electron chi connectivity index (χ4n) is 3.33. The molecule has 0 aliphatic carbocycles. The van der Waals surface area contributed by atoms with E-state index in [1.165, 1.54) is 0 Å². The second-order valence-electron chi connectivity index (χ2n) is 6.57. The van der Waals surface area contributed by atoms with Gasteiger partial charge in [0.05, 0.1) is 12.2 Å². The van der Waals surface area contributed by atoms with Crippen molar-refractivity contribution in [2.75, 3.05) is 38.2 Å². The highest BCUT2D eigenvalue weighted by molar-refractivity contribution is 5.89. The number of rotatable bonds is 6. The molecule has 2 atom stereocenters. The zero-order valence-electron chi connectivity index (χ0n) is 14.9. The van der Waals surface area contributed by atoms with Crippen LogP contribution in [0, 0.1) is 0 Å². The molecule has 2 aliphatic rings. The van der Waals surface area contributed by atoms with Gasteiger partial charge in [0.25, 0.3) is 0 Å². The number of benzene rings is 1. The summed E-state index contributed by atoms with van der Waals surface area (Å²) in [5.41, 5.74) is 0.744. The van der Waals surface area contributed by atoms with Crippen LogP contribution in [0.2, 0.25) is 0 Å². The van der Waals surface area contributed by atoms with Crippen molar-refractivity contribution >= 4 is 11.7 Å². The number of nitrogens with one attached hydrogen (secondary N) is 1. The highest BCUT2D eigenvalue weighted by Crippen LogP contribution is 2.21. The molecule has 1 aromatic rings. The molecule has 2 amide bonds. The van der Waals surface area contributed by atoms with Gasteiger partial charge in [0.15, 0.2) is 0 Å².